The second kappa shape index (κ2) is 8.84. The molecule has 2 saturated heterocycles. The number of rotatable bonds is 4. The smallest absolute Gasteiger partial charge is 0.317 e. The molecule has 30 heavy (non-hydrogen) atoms. The molecule has 0 saturated carbocycles. The number of urea groups is 1. The van der Waals surface area contributed by atoms with E-state index in [9.17, 15) is 9.59 Å². The van der Waals surface area contributed by atoms with Crippen molar-refractivity contribution in [1.82, 2.24) is 20.9 Å². The van der Waals surface area contributed by atoms with Crippen LogP contribution in [0.15, 0.2) is 48.5 Å². The third-order valence-corrected chi connectivity index (χ3v) is 6.48. The molecular formula is C22H24Cl2N4O2. The summed E-state index contributed by atoms with van der Waals surface area (Å²) in [4.78, 5) is 26.8. The van der Waals surface area contributed by atoms with Crippen LogP contribution in [0.1, 0.15) is 24.0 Å². The van der Waals surface area contributed by atoms with Gasteiger partial charge in [0.05, 0.1) is 21.7 Å². The Balaban J connectivity index is 1.28. The topological polar surface area (TPSA) is 73.5 Å². The molecular weight excluding hydrogens is 423 g/mol. The number of hydrogen-bond acceptors (Lipinski definition) is 3. The van der Waals surface area contributed by atoms with Crippen LogP contribution in [-0.2, 0) is 17.8 Å². The standard InChI is InChI=1S/C22H24Cl2N4O2/c23-17-7-6-16(12-18(17)24)14-25-21(30)28-10-8-22(9-11-28)26-19(20(29)27-22)13-15-4-2-1-3-5-15/h1-7,12,19,26H,8-11,13-14H2,(H,25,30)(H,27,29). The lowest BCUT2D eigenvalue weighted by Crippen LogP contribution is -2.59. The normalized spacial score (nSPS) is 20.3. The molecule has 1 unspecified atom stereocenters. The van der Waals surface area contributed by atoms with Crippen LogP contribution in [0.4, 0.5) is 4.79 Å². The molecule has 2 aromatic carbocycles. The number of carbonyl (C=O) groups is 2. The van der Waals surface area contributed by atoms with Crippen molar-refractivity contribution in [2.45, 2.75) is 37.5 Å². The molecule has 8 heteroatoms. The van der Waals surface area contributed by atoms with Gasteiger partial charge >= 0.3 is 6.03 Å². The van der Waals surface area contributed by atoms with Gasteiger partial charge in [-0.1, -0.05) is 59.6 Å². The van der Waals surface area contributed by atoms with E-state index in [1.807, 2.05) is 36.4 Å². The SMILES string of the molecule is O=C1NC2(CCN(C(=O)NCc3ccc(Cl)c(Cl)c3)CC2)NC1Cc1ccccc1. The highest BCUT2D eigenvalue weighted by Gasteiger charge is 2.45. The first-order valence-electron chi connectivity index (χ1n) is 10.0. The Morgan fingerprint density at radius 2 is 1.80 bits per heavy atom. The number of amides is 3. The van der Waals surface area contributed by atoms with Crippen molar-refractivity contribution in [3.8, 4) is 0 Å². The van der Waals surface area contributed by atoms with Gasteiger partial charge in [0.15, 0.2) is 0 Å². The fourth-order valence-corrected chi connectivity index (χ4v) is 4.37. The summed E-state index contributed by atoms with van der Waals surface area (Å²) in [5.74, 6) is 0.0244. The zero-order valence-electron chi connectivity index (χ0n) is 16.5. The predicted octanol–water partition coefficient (Wildman–Crippen LogP) is 3.33. The lowest BCUT2D eigenvalue weighted by atomic mass is 9.97. The van der Waals surface area contributed by atoms with Gasteiger partial charge < -0.3 is 15.5 Å². The van der Waals surface area contributed by atoms with E-state index >= 15 is 0 Å². The fraction of sp³-hybridized carbons (Fsp3) is 0.364. The minimum absolute atomic E-state index is 0.0244. The maximum Gasteiger partial charge on any atom is 0.317 e. The first-order valence-corrected chi connectivity index (χ1v) is 10.8. The molecule has 6 nitrogen and oxygen atoms in total. The lowest BCUT2D eigenvalue weighted by molar-refractivity contribution is -0.121. The number of nitrogens with zero attached hydrogens (tertiary/aromatic N) is 1. The van der Waals surface area contributed by atoms with Crippen LogP contribution in [-0.4, -0.2) is 41.6 Å². The van der Waals surface area contributed by atoms with Crippen LogP contribution >= 0.6 is 23.2 Å². The van der Waals surface area contributed by atoms with E-state index < -0.39 is 5.66 Å². The number of piperidine rings is 1. The maximum atomic E-state index is 12.5. The second-order valence-corrected chi connectivity index (χ2v) is 8.67. The molecule has 1 atom stereocenters. The van der Waals surface area contributed by atoms with Crippen molar-refractivity contribution in [3.05, 3.63) is 69.7 Å². The van der Waals surface area contributed by atoms with Crippen molar-refractivity contribution in [1.29, 1.82) is 0 Å². The molecule has 0 radical (unpaired) electrons. The Morgan fingerprint density at radius 1 is 1.07 bits per heavy atom. The molecule has 3 N–H and O–H groups in total. The Bertz CT molecular complexity index is 930. The summed E-state index contributed by atoms with van der Waals surface area (Å²) in [6.45, 7) is 1.52. The van der Waals surface area contributed by atoms with Crippen LogP contribution in [0.3, 0.4) is 0 Å². The summed E-state index contributed by atoms with van der Waals surface area (Å²) in [6.07, 6.45) is 2.00. The van der Waals surface area contributed by atoms with E-state index in [-0.39, 0.29) is 18.0 Å². The highest BCUT2D eigenvalue weighted by atomic mass is 35.5. The van der Waals surface area contributed by atoms with Gasteiger partial charge in [-0.3, -0.25) is 10.1 Å². The summed E-state index contributed by atoms with van der Waals surface area (Å²) in [5.41, 5.74) is 1.58. The molecule has 1 spiro atoms. The minimum Gasteiger partial charge on any atom is -0.337 e. The Kier molecular flexibility index (Phi) is 6.18. The van der Waals surface area contributed by atoms with Crippen molar-refractivity contribution >= 4 is 35.1 Å². The van der Waals surface area contributed by atoms with Crippen molar-refractivity contribution in [2.24, 2.45) is 0 Å². The zero-order valence-corrected chi connectivity index (χ0v) is 18.0. The quantitative estimate of drug-likeness (QED) is 0.674. The molecule has 0 bridgehead atoms. The molecule has 2 aromatic rings. The van der Waals surface area contributed by atoms with E-state index in [2.05, 4.69) is 16.0 Å². The molecule has 158 valence electrons. The number of nitrogens with one attached hydrogen (secondary N) is 3. The predicted molar refractivity (Wildman–Crippen MR) is 117 cm³/mol. The van der Waals surface area contributed by atoms with Gasteiger partial charge in [-0.25, -0.2) is 4.79 Å². The molecule has 2 aliphatic rings. The van der Waals surface area contributed by atoms with E-state index in [4.69, 9.17) is 23.2 Å². The highest BCUT2D eigenvalue weighted by molar-refractivity contribution is 6.42. The van der Waals surface area contributed by atoms with Gasteiger partial charge in [-0.05, 0) is 29.7 Å². The van der Waals surface area contributed by atoms with Crippen molar-refractivity contribution in [3.63, 3.8) is 0 Å². The third kappa shape index (κ3) is 4.72. The van der Waals surface area contributed by atoms with Crippen LogP contribution in [0.2, 0.25) is 10.0 Å². The summed E-state index contributed by atoms with van der Waals surface area (Å²) in [5, 5.41) is 10.5. The first-order chi connectivity index (χ1) is 14.4. The fourth-order valence-electron chi connectivity index (χ4n) is 4.05. The second-order valence-electron chi connectivity index (χ2n) is 7.85. The Labute approximate surface area is 185 Å². The van der Waals surface area contributed by atoms with Gasteiger partial charge in [0.1, 0.15) is 0 Å². The lowest BCUT2D eigenvalue weighted by Gasteiger charge is -2.39. The summed E-state index contributed by atoms with van der Waals surface area (Å²) >= 11 is 12.0. The number of halogens is 2. The summed E-state index contributed by atoms with van der Waals surface area (Å²) in [7, 11) is 0. The van der Waals surface area contributed by atoms with Gasteiger partial charge in [0.25, 0.3) is 0 Å². The van der Waals surface area contributed by atoms with Crippen LogP contribution in [0.5, 0.6) is 0 Å². The number of likely N-dealkylation sites (tertiary alicyclic amines) is 1. The molecule has 2 fully saturated rings. The van der Waals surface area contributed by atoms with Crippen LogP contribution < -0.4 is 16.0 Å². The van der Waals surface area contributed by atoms with Crippen LogP contribution in [0.25, 0.3) is 0 Å². The largest absolute Gasteiger partial charge is 0.337 e. The molecule has 2 aliphatic heterocycles. The zero-order chi connectivity index (χ0) is 21.1. The number of hydrogen-bond donors (Lipinski definition) is 3. The molecule has 4 rings (SSSR count). The highest BCUT2D eigenvalue weighted by Crippen LogP contribution is 2.26. The minimum atomic E-state index is -0.434. The monoisotopic (exact) mass is 446 g/mol. The Morgan fingerprint density at radius 3 is 2.50 bits per heavy atom. The number of benzene rings is 2. The third-order valence-electron chi connectivity index (χ3n) is 5.74. The van der Waals surface area contributed by atoms with E-state index in [1.54, 1.807) is 17.0 Å². The number of carbonyl (C=O) groups excluding carboxylic acids is 2. The Hall–Kier alpha value is -2.28. The molecule has 0 aromatic heterocycles. The molecule has 2 heterocycles. The van der Waals surface area contributed by atoms with Crippen molar-refractivity contribution in [2.75, 3.05) is 13.1 Å². The van der Waals surface area contributed by atoms with Gasteiger partial charge in [0.2, 0.25) is 5.91 Å². The van der Waals surface area contributed by atoms with Crippen molar-refractivity contribution < 1.29 is 9.59 Å². The first kappa shape index (κ1) is 21.0. The van der Waals surface area contributed by atoms with Gasteiger partial charge in [-0.2, -0.15) is 0 Å². The maximum absolute atomic E-state index is 12.5. The van der Waals surface area contributed by atoms with E-state index in [1.165, 1.54) is 0 Å². The average Bonchev–Trinajstić information content (AvgIpc) is 3.04. The summed E-state index contributed by atoms with van der Waals surface area (Å²) < 4.78 is 0. The summed E-state index contributed by atoms with van der Waals surface area (Å²) in [6, 6.07) is 14.9. The van der Waals surface area contributed by atoms with E-state index in [0.717, 1.165) is 11.1 Å². The average molecular weight is 447 g/mol. The van der Waals surface area contributed by atoms with Gasteiger partial charge in [-0.15, -0.1) is 0 Å². The van der Waals surface area contributed by atoms with Gasteiger partial charge in [0, 0.05) is 32.5 Å². The van der Waals surface area contributed by atoms with Crippen LogP contribution in [0, 0.1) is 0 Å². The molecule has 0 aliphatic carbocycles. The molecule has 3 amide bonds. The van der Waals surface area contributed by atoms with E-state index in [0.29, 0.717) is 48.9 Å².